The number of rotatable bonds is 5. The number of nitrogens with two attached hydrogens (primary N) is 1. The highest BCUT2D eigenvalue weighted by molar-refractivity contribution is 5.72. The van der Waals surface area contributed by atoms with Gasteiger partial charge < -0.3 is 10.1 Å². The number of hydrogen-bond donors (Lipinski definition) is 1. The van der Waals surface area contributed by atoms with Crippen LogP contribution < -0.4 is 5.73 Å². The van der Waals surface area contributed by atoms with E-state index in [1.807, 2.05) is 18.3 Å². The number of anilines is 1. The van der Waals surface area contributed by atoms with Crippen LogP contribution in [0.2, 0.25) is 0 Å². The van der Waals surface area contributed by atoms with E-state index in [9.17, 15) is 0 Å². The van der Waals surface area contributed by atoms with E-state index in [1.54, 1.807) is 0 Å². The van der Waals surface area contributed by atoms with Gasteiger partial charge in [0.05, 0.1) is 11.4 Å². The molecular weight excluding hydrogens is 380 g/mol. The molecule has 0 radical (unpaired) electrons. The molecule has 1 atom stereocenters. The average Bonchev–Trinajstić information content (AvgIpc) is 3.17. The highest BCUT2D eigenvalue weighted by Crippen LogP contribution is 2.31. The van der Waals surface area contributed by atoms with Gasteiger partial charge in [0.1, 0.15) is 5.65 Å². The van der Waals surface area contributed by atoms with Crippen molar-refractivity contribution in [2.75, 3.05) is 12.3 Å². The first-order valence-electron chi connectivity index (χ1n) is 11.4. The Morgan fingerprint density at radius 2 is 1.65 bits per heavy atom. The molecule has 1 saturated heterocycles. The summed E-state index contributed by atoms with van der Waals surface area (Å²) in [7, 11) is 0. The monoisotopic (exact) mass is 410 g/mol. The van der Waals surface area contributed by atoms with Crippen LogP contribution in [0, 0.1) is 0 Å². The van der Waals surface area contributed by atoms with E-state index < -0.39 is 0 Å². The molecule has 1 fully saturated rings. The number of pyridine rings is 1. The van der Waals surface area contributed by atoms with Crippen molar-refractivity contribution in [2.24, 2.45) is 0 Å². The van der Waals surface area contributed by atoms with E-state index in [4.69, 9.17) is 10.7 Å². The van der Waals surface area contributed by atoms with E-state index in [0.29, 0.717) is 6.04 Å². The molecule has 4 aromatic rings. The van der Waals surface area contributed by atoms with Crippen LogP contribution >= 0.6 is 0 Å². The molecule has 0 amide bonds. The third-order valence-corrected chi connectivity index (χ3v) is 6.58. The lowest BCUT2D eigenvalue weighted by Gasteiger charge is -2.35. The van der Waals surface area contributed by atoms with Crippen LogP contribution in [0.4, 0.5) is 5.69 Å². The van der Waals surface area contributed by atoms with Gasteiger partial charge in [-0.1, -0.05) is 67.9 Å². The number of piperidine rings is 1. The van der Waals surface area contributed by atoms with Gasteiger partial charge in [0.15, 0.2) is 0 Å². The molecule has 4 nitrogen and oxygen atoms in total. The highest BCUT2D eigenvalue weighted by atomic mass is 15.2. The van der Waals surface area contributed by atoms with Gasteiger partial charge in [-0.05, 0) is 49.1 Å². The summed E-state index contributed by atoms with van der Waals surface area (Å²) in [4.78, 5) is 7.66. The van der Waals surface area contributed by atoms with E-state index in [2.05, 4.69) is 70.8 Å². The molecule has 31 heavy (non-hydrogen) atoms. The van der Waals surface area contributed by atoms with E-state index >= 15 is 0 Å². The minimum atomic E-state index is 0.647. The smallest absolute Gasteiger partial charge is 0.137 e. The van der Waals surface area contributed by atoms with Crippen molar-refractivity contribution in [3.63, 3.8) is 0 Å². The molecule has 0 aliphatic carbocycles. The fourth-order valence-corrected chi connectivity index (χ4v) is 4.87. The topological polar surface area (TPSA) is 46.6 Å². The zero-order chi connectivity index (χ0) is 21.2. The molecule has 5 rings (SSSR count). The first-order chi connectivity index (χ1) is 15.2. The second-order valence-corrected chi connectivity index (χ2v) is 8.57. The van der Waals surface area contributed by atoms with Crippen molar-refractivity contribution in [1.29, 1.82) is 0 Å². The SMILES string of the molecule is CCC1CCCCN1Cc1c(-c2ccc(-c3ccccc3)cc2)nc2ccc(N)cn12. The molecule has 2 aromatic carbocycles. The Balaban J connectivity index is 1.56. The molecule has 158 valence electrons. The molecule has 1 unspecified atom stereocenters. The number of nitrogen functional groups attached to an aromatic ring is 1. The Kier molecular flexibility index (Phi) is 5.47. The summed E-state index contributed by atoms with van der Waals surface area (Å²) in [6.07, 6.45) is 7.11. The summed E-state index contributed by atoms with van der Waals surface area (Å²) in [6.45, 7) is 4.36. The molecule has 0 saturated carbocycles. The van der Waals surface area contributed by atoms with Gasteiger partial charge >= 0.3 is 0 Å². The fourth-order valence-electron chi connectivity index (χ4n) is 4.87. The third kappa shape index (κ3) is 3.96. The largest absolute Gasteiger partial charge is 0.398 e. The van der Waals surface area contributed by atoms with Crippen molar-refractivity contribution in [2.45, 2.75) is 45.2 Å². The first kappa shape index (κ1) is 19.8. The molecule has 4 heteroatoms. The zero-order valence-electron chi connectivity index (χ0n) is 18.2. The standard InChI is InChI=1S/C27H30N4/c1-2-24-10-6-7-17-30(24)19-25-27(29-26-16-15-23(28)18-31(25)26)22-13-11-21(12-14-22)20-8-4-3-5-9-20/h3-5,8-9,11-16,18,24H,2,6-7,10,17,19,28H2,1H3. The van der Waals surface area contributed by atoms with Crippen LogP contribution in [-0.4, -0.2) is 26.9 Å². The maximum atomic E-state index is 6.15. The van der Waals surface area contributed by atoms with Crippen LogP contribution in [0.3, 0.4) is 0 Å². The zero-order valence-corrected chi connectivity index (χ0v) is 18.2. The molecule has 3 heterocycles. The Hall–Kier alpha value is -3.11. The van der Waals surface area contributed by atoms with Crippen molar-refractivity contribution in [3.8, 4) is 22.4 Å². The molecule has 1 aliphatic rings. The maximum Gasteiger partial charge on any atom is 0.137 e. The summed E-state index contributed by atoms with van der Waals surface area (Å²) >= 11 is 0. The Labute approximate surface area is 184 Å². The highest BCUT2D eigenvalue weighted by Gasteiger charge is 2.24. The van der Waals surface area contributed by atoms with Crippen molar-refractivity contribution in [1.82, 2.24) is 14.3 Å². The number of benzene rings is 2. The van der Waals surface area contributed by atoms with Gasteiger partial charge in [0, 0.05) is 30.0 Å². The second-order valence-electron chi connectivity index (χ2n) is 8.57. The average molecular weight is 411 g/mol. The predicted molar refractivity (Wildman–Crippen MR) is 129 cm³/mol. The summed E-state index contributed by atoms with van der Waals surface area (Å²) in [5.74, 6) is 0. The summed E-state index contributed by atoms with van der Waals surface area (Å²) < 4.78 is 2.19. The van der Waals surface area contributed by atoms with Crippen LogP contribution in [-0.2, 0) is 6.54 Å². The molecule has 0 bridgehead atoms. The third-order valence-electron chi connectivity index (χ3n) is 6.58. The van der Waals surface area contributed by atoms with E-state index in [-0.39, 0.29) is 0 Å². The Bertz CT molecular complexity index is 1160. The van der Waals surface area contributed by atoms with Crippen molar-refractivity contribution in [3.05, 3.63) is 78.6 Å². The number of hydrogen-bond acceptors (Lipinski definition) is 3. The lowest BCUT2D eigenvalue weighted by molar-refractivity contribution is 0.134. The van der Waals surface area contributed by atoms with E-state index in [0.717, 1.165) is 35.7 Å². The summed E-state index contributed by atoms with van der Waals surface area (Å²) in [5.41, 5.74) is 13.8. The van der Waals surface area contributed by atoms with Gasteiger partial charge in [0.2, 0.25) is 0 Å². The van der Waals surface area contributed by atoms with Crippen LogP contribution in [0.5, 0.6) is 0 Å². The second kappa shape index (κ2) is 8.56. The quantitative estimate of drug-likeness (QED) is 0.438. The van der Waals surface area contributed by atoms with Crippen LogP contribution in [0.25, 0.3) is 28.0 Å². The molecule has 2 aromatic heterocycles. The molecule has 0 spiro atoms. The number of nitrogens with zero attached hydrogens (tertiary/aromatic N) is 3. The van der Waals surface area contributed by atoms with Crippen molar-refractivity contribution >= 4 is 11.3 Å². The predicted octanol–water partition coefficient (Wildman–Crippen LogP) is 6.02. The molecular formula is C27H30N4. The van der Waals surface area contributed by atoms with Crippen molar-refractivity contribution < 1.29 is 0 Å². The van der Waals surface area contributed by atoms with Gasteiger partial charge in [0.25, 0.3) is 0 Å². The fraction of sp³-hybridized carbons (Fsp3) is 0.296. The Morgan fingerprint density at radius 3 is 2.42 bits per heavy atom. The Morgan fingerprint density at radius 1 is 0.903 bits per heavy atom. The number of fused-ring (bicyclic) bond motifs is 1. The van der Waals surface area contributed by atoms with Gasteiger partial charge in [-0.2, -0.15) is 0 Å². The molecule has 2 N–H and O–H groups in total. The van der Waals surface area contributed by atoms with E-state index in [1.165, 1.54) is 42.5 Å². The summed E-state index contributed by atoms with van der Waals surface area (Å²) in [6, 6.07) is 23.9. The van der Waals surface area contributed by atoms with Crippen LogP contribution in [0.15, 0.2) is 72.9 Å². The van der Waals surface area contributed by atoms with Gasteiger partial charge in [-0.25, -0.2) is 4.98 Å². The van der Waals surface area contributed by atoms with Gasteiger partial charge in [-0.15, -0.1) is 0 Å². The number of aromatic nitrogens is 2. The number of likely N-dealkylation sites (tertiary alicyclic amines) is 1. The lowest BCUT2D eigenvalue weighted by Crippen LogP contribution is -2.38. The van der Waals surface area contributed by atoms with Crippen LogP contribution in [0.1, 0.15) is 38.3 Å². The normalized spacial score (nSPS) is 17.3. The lowest BCUT2D eigenvalue weighted by atomic mass is 9.99. The minimum Gasteiger partial charge on any atom is -0.398 e. The number of imidazole rings is 1. The minimum absolute atomic E-state index is 0.647. The van der Waals surface area contributed by atoms with Gasteiger partial charge in [-0.3, -0.25) is 4.90 Å². The maximum absolute atomic E-state index is 6.15. The molecule has 1 aliphatic heterocycles. The first-order valence-corrected chi connectivity index (χ1v) is 11.4. The summed E-state index contributed by atoms with van der Waals surface area (Å²) in [5, 5.41) is 0.